The van der Waals surface area contributed by atoms with Crippen molar-refractivity contribution in [2.24, 2.45) is 0 Å². The smallest absolute Gasteiger partial charge is 0.147 e. The normalized spacial score (nSPS) is 14.9. The van der Waals surface area contributed by atoms with Gasteiger partial charge in [0.15, 0.2) is 0 Å². The van der Waals surface area contributed by atoms with Crippen LogP contribution < -0.4 is 5.32 Å². The molecule has 1 atom stereocenters. The predicted molar refractivity (Wildman–Crippen MR) is 84.6 cm³/mol. The van der Waals surface area contributed by atoms with E-state index in [0.717, 1.165) is 4.47 Å². The summed E-state index contributed by atoms with van der Waals surface area (Å²) in [5.41, 5.74) is 4.65. The highest BCUT2D eigenvalue weighted by molar-refractivity contribution is 9.10. The average molecular weight is 334 g/mol. The van der Waals surface area contributed by atoms with Crippen LogP contribution in [0.25, 0.3) is 0 Å². The summed E-state index contributed by atoms with van der Waals surface area (Å²) < 4.78 is 14.6. The molecule has 0 radical (unpaired) electrons. The van der Waals surface area contributed by atoms with Crippen molar-refractivity contribution in [3.05, 3.63) is 63.4 Å². The van der Waals surface area contributed by atoms with Gasteiger partial charge in [0, 0.05) is 10.5 Å². The first-order valence-electron chi connectivity index (χ1n) is 6.97. The highest BCUT2D eigenvalue weighted by atomic mass is 79.9. The average Bonchev–Trinajstić information content (AvgIpc) is 2.90. The molecular formula is C17H17BrFN. The Bertz CT molecular complexity index is 619. The fraction of sp³-hybridized carbons (Fsp3) is 0.294. The maximum atomic E-state index is 13.9. The van der Waals surface area contributed by atoms with E-state index in [4.69, 9.17) is 0 Å². The summed E-state index contributed by atoms with van der Waals surface area (Å²) >= 11 is 3.40. The van der Waals surface area contributed by atoms with Crippen molar-refractivity contribution in [2.45, 2.75) is 32.2 Å². The molecule has 0 saturated heterocycles. The van der Waals surface area contributed by atoms with Crippen molar-refractivity contribution < 1.29 is 4.39 Å². The minimum atomic E-state index is -0.229. The molecule has 1 N–H and O–H groups in total. The first kappa shape index (κ1) is 13.6. The van der Waals surface area contributed by atoms with Crippen molar-refractivity contribution in [1.29, 1.82) is 0 Å². The summed E-state index contributed by atoms with van der Waals surface area (Å²) in [7, 11) is 0. The first-order chi connectivity index (χ1) is 9.65. The van der Waals surface area contributed by atoms with Crippen LogP contribution >= 0.6 is 15.9 Å². The quantitative estimate of drug-likeness (QED) is 0.808. The van der Waals surface area contributed by atoms with E-state index in [9.17, 15) is 4.39 Å². The Balaban J connectivity index is 1.84. The Morgan fingerprint density at radius 3 is 2.75 bits per heavy atom. The predicted octanol–water partition coefficient (Wildman–Crippen LogP) is 5.25. The zero-order valence-electron chi connectivity index (χ0n) is 11.4. The fourth-order valence-electron chi connectivity index (χ4n) is 2.80. The van der Waals surface area contributed by atoms with Gasteiger partial charge in [0.1, 0.15) is 5.82 Å². The number of para-hydroxylation sites is 1. The van der Waals surface area contributed by atoms with Crippen LogP contribution in [0.4, 0.5) is 10.1 Å². The molecule has 3 heteroatoms. The lowest BCUT2D eigenvalue weighted by Crippen LogP contribution is -2.09. The molecule has 1 nitrogen and oxygen atoms in total. The number of anilines is 1. The van der Waals surface area contributed by atoms with Crippen LogP contribution in [0.1, 0.15) is 36.1 Å². The molecule has 0 heterocycles. The van der Waals surface area contributed by atoms with Crippen LogP contribution in [0.3, 0.4) is 0 Å². The molecule has 0 fully saturated rings. The molecule has 1 aliphatic rings. The number of benzene rings is 2. The number of nitrogens with one attached hydrogen (secondary N) is 1. The minimum absolute atomic E-state index is 0.0779. The highest BCUT2D eigenvalue weighted by Crippen LogP contribution is 2.31. The van der Waals surface area contributed by atoms with Crippen LogP contribution in [0.2, 0.25) is 0 Å². The second kappa shape index (κ2) is 5.57. The number of aryl methyl sites for hydroxylation is 2. The van der Waals surface area contributed by atoms with Gasteiger partial charge in [0.25, 0.3) is 0 Å². The second-order valence-corrected chi connectivity index (χ2v) is 6.20. The van der Waals surface area contributed by atoms with Crippen LogP contribution in [-0.4, -0.2) is 0 Å². The fourth-order valence-corrected chi connectivity index (χ4v) is 3.25. The third-order valence-electron chi connectivity index (χ3n) is 3.95. The van der Waals surface area contributed by atoms with Crippen LogP contribution in [0.15, 0.2) is 40.9 Å². The number of hydrogen-bond acceptors (Lipinski definition) is 1. The van der Waals surface area contributed by atoms with Gasteiger partial charge in [0.05, 0.1) is 5.69 Å². The number of fused-ring (bicyclic) bond motifs is 1. The Kier molecular flexibility index (Phi) is 3.79. The van der Waals surface area contributed by atoms with E-state index in [2.05, 4.69) is 46.4 Å². The van der Waals surface area contributed by atoms with Gasteiger partial charge in [-0.25, -0.2) is 4.39 Å². The van der Waals surface area contributed by atoms with Crippen molar-refractivity contribution >= 4 is 21.6 Å². The van der Waals surface area contributed by atoms with Crippen molar-refractivity contribution in [1.82, 2.24) is 0 Å². The zero-order valence-corrected chi connectivity index (χ0v) is 13.0. The van der Waals surface area contributed by atoms with Crippen molar-refractivity contribution in [2.75, 3.05) is 5.32 Å². The summed E-state index contributed by atoms with van der Waals surface area (Å²) in [6, 6.07) is 11.7. The molecule has 0 bridgehead atoms. The minimum Gasteiger partial charge on any atom is -0.375 e. The highest BCUT2D eigenvalue weighted by Gasteiger charge is 2.15. The van der Waals surface area contributed by atoms with Gasteiger partial charge in [0.2, 0.25) is 0 Å². The maximum absolute atomic E-state index is 13.9. The van der Waals surface area contributed by atoms with Gasteiger partial charge in [-0.15, -0.1) is 0 Å². The number of hydrogen-bond donors (Lipinski definition) is 1. The lowest BCUT2D eigenvalue weighted by atomic mass is 10.0. The SMILES string of the molecule is CC(Nc1c(F)cccc1Br)c1ccc2c(c1)CCC2. The Labute approximate surface area is 127 Å². The number of halogens is 2. The van der Waals surface area contributed by atoms with Gasteiger partial charge in [-0.3, -0.25) is 0 Å². The molecule has 20 heavy (non-hydrogen) atoms. The Morgan fingerprint density at radius 1 is 1.15 bits per heavy atom. The monoisotopic (exact) mass is 333 g/mol. The third kappa shape index (κ3) is 2.59. The Hall–Kier alpha value is -1.35. The molecule has 0 aromatic heterocycles. The molecule has 1 unspecified atom stereocenters. The molecule has 0 amide bonds. The third-order valence-corrected chi connectivity index (χ3v) is 4.61. The summed E-state index contributed by atoms with van der Waals surface area (Å²) in [5, 5.41) is 3.26. The van der Waals surface area contributed by atoms with E-state index in [1.165, 1.54) is 42.0 Å². The topological polar surface area (TPSA) is 12.0 Å². The van der Waals surface area contributed by atoms with Crippen LogP contribution in [-0.2, 0) is 12.8 Å². The second-order valence-electron chi connectivity index (χ2n) is 5.34. The molecule has 1 aliphatic carbocycles. The van der Waals surface area contributed by atoms with Gasteiger partial charge in [-0.2, -0.15) is 0 Å². The molecule has 104 valence electrons. The number of rotatable bonds is 3. The van der Waals surface area contributed by atoms with Gasteiger partial charge in [-0.1, -0.05) is 24.3 Å². The summed E-state index contributed by atoms with van der Waals surface area (Å²) in [6.07, 6.45) is 3.61. The zero-order chi connectivity index (χ0) is 14.1. The first-order valence-corrected chi connectivity index (χ1v) is 7.76. The van der Waals surface area contributed by atoms with Crippen molar-refractivity contribution in [3.8, 4) is 0 Å². The van der Waals surface area contributed by atoms with E-state index in [0.29, 0.717) is 5.69 Å². The van der Waals surface area contributed by atoms with Crippen LogP contribution in [0, 0.1) is 5.82 Å². The summed E-state index contributed by atoms with van der Waals surface area (Å²) in [5.74, 6) is -0.229. The van der Waals surface area contributed by atoms with Gasteiger partial charge >= 0.3 is 0 Å². The molecule has 3 rings (SSSR count). The standard InChI is InChI=1S/C17H17BrFN/c1-11(20-17-15(18)6-3-7-16(17)19)13-9-8-12-4-2-5-14(12)10-13/h3,6-11,20H,2,4-5H2,1H3. The largest absolute Gasteiger partial charge is 0.375 e. The van der Waals surface area contributed by atoms with Crippen molar-refractivity contribution in [3.63, 3.8) is 0 Å². The van der Waals surface area contributed by atoms with E-state index in [1.807, 2.05) is 6.07 Å². The van der Waals surface area contributed by atoms with E-state index < -0.39 is 0 Å². The molecule has 0 spiro atoms. The molecule has 2 aromatic rings. The summed E-state index contributed by atoms with van der Waals surface area (Å²) in [6.45, 7) is 2.07. The Morgan fingerprint density at radius 2 is 1.95 bits per heavy atom. The molecular weight excluding hydrogens is 317 g/mol. The van der Waals surface area contributed by atoms with E-state index >= 15 is 0 Å². The van der Waals surface area contributed by atoms with Gasteiger partial charge in [-0.05, 0) is 70.9 Å². The lowest BCUT2D eigenvalue weighted by molar-refractivity contribution is 0.626. The molecule has 0 saturated carbocycles. The summed E-state index contributed by atoms with van der Waals surface area (Å²) in [4.78, 5) is 0. The van der Waals surface area contributed by atoms with E-state index in [-0.39, 0.29) is 11.9 Å². The van der Waals surface area contributed by atoms with Crippen LogP contribution in [0.5, 0.6) is 0 Å². The molecule has 0 aliphatic heterocycles. The van der Waals surface area contributed by atoms with Gasteiger partial charge < -0.3 is 5.32 Å². The molecule has 2 aromatic carbocycles. The van der Waals surface area contributed by atoms with E-state index in [1.54, 1.807) is 6.07 Å². The lowest BCUT2D eigenvalue weighted by Gasteiger charge is -2.18. The maximum Gasteiger partial charge on any atom is 0.147 e.